The highest BCUT2D eigenvalue weighted by molar-refractivity contribution is 5.60. The van der Waals surface area contributed by atoms with Crippen molar-refractivity contribution in [1.82, 2.24) is 9.97 Å². The Kier molecular flexibility index (Phi) is 6.26. The van der Waals surface area contributed by atoms with E-state index in [1.54, 1.807) is 0 Å². The topological polar surface area (TPSA) is 59.1 Å². The Bertz CT molecular complexity index is 848. The number of rotatable bonds is 8. The molecule has 0 saturated heterocycles. The Hall–Kier alpha value is -3.08. The van der Waals surface area contributed by atoms with Crippen molar-refractivity contribution in [1.29, 1.82) is 0 Å². The minimum Gasteiger partial charge on any atom is -0.489 e. The van der Waals surface area contributed by atoms with E-state index >= 15 is 0 Å². The molecular weight excluding hydrogens is 336 g/mol. The van der Waals surface area contributed by atoms with Gasteiger partial charge in [-0.25, -0.2) is 9.97 Å². The summed E-state index contributed by atoms with van der Waals surface area (Å²) < 4.78 is 5.83. The van der Waals surface area contributed by atoms with E-state index in [0.717, 1.165) is 41.0 Å². The number of aryl methyl sites for hydroxylation is 1. The number of aromatic nitrogens is 2. The maximum atomic E-state index is 5.83. The number of benzene rings is 2. The van der Waals surface area contributed by atoms with E-state index in [1.165, 1.54) is 0 Å². The summed E-state index contributed by atoms with van der Waals surface area (Å²) in [4.78, 5) is 8.89. The Morgan fingerprint density at radius 3 is 2.33 bits per heavy atom. The van der Waals surface area contributed by atoms with Gasteiger partial charge in [0.25, 0.3) is 0 Å². The zero-order chi connectivity index (χ0) is 19.1. The first-order valence-electron chi connectivity index (χ1n) is 9.22. The summed E-state index contributed by atoms with van der Waals surface area (Å²) in [7, 11) is 0. The van der Waals surface area contributed by atoms with Crippen LogP contribution in [0.15, 0.2) is 60.7 Å². The first-order valence-corrected chi connectivity index (χ1v) is 9.22. The SMILES string of the molecule is Cc1nc(NCC(C)C)cc(Nc2ccc(OCc3ccccc3)cc2)n1. The molecule has 0 unspecified atom stereocenters. The fourth-order valence-electron chi connectivity index (χ4n) is 2.55. The highest BCUT2D eigenvalue weighted by Gasteiger charge is 2.04. The number of anilines is 3. The van der Waals surface area contributed by atoms with Gasteiger partial charge in [-0.05, 0) is 42.7 Å². The summed E-state index contributed by atoms with van der Waals surface area (Å²) >= 11 is 0. The average Bonchev–Trinajstić information content (AvgIpc) is 2.66. The highest BCUT2D eigenvalue weighted by atomic mass is 16.5. The molecule has 0 bridgehead atoms. The molecule has 0 radical (unpaired) electrons. The van der Waals surface area contributed by atoms with Crippen LogP contribution in [-0.2, 0) is 6.61 Å². The van der Waals surface area contributed by atoms with Crippen molar-refractivity contribution in [2.45, 2.75) is 27.4 Å². The molecule has 5 nitrogen and oxygen atoms in total. The number of nitrogens with zero attached hydrogens (tertiary/aromatic N) is 2. The normalized spacial score (nSPS) is 10.7. The molecule has 1 aromatic heterocycles. The van der Waals surface area contributed by atoms with Gasteiger partial charge in [-0.3, -0.25) is 0 Å². The van der Waals surface area contributed by atoms with Gasteiger partial charge in [0.15, 0.2) is 0 Å². The second-order valence-corrected chi connectivity index (χ2v) is 6.88. The molecule has 0 aliphatic heterocycles. The Labute approximate surface area is 160 Å². The lowest BCUT2D eigenvalue weighted by Gasteiger charge is -2.12. The molecule has 2 N–H and O–H groups in total. The van der Waals surface area contributed by atoms with Gasteiger partial charge in [0.1, 0.15) is 29.8 Å². The van der Waals surface area contributed by atoms with Crippen LogP contribution < -0.4 is 15.4 Å². The first kappa shape index (κ1) is 18.7. The average molecular weight is 362 g/mol. The number of nitrogens with one attached hydrogen (secondary N) is 2. The van der Waals surface area contributed by atoms with E-state index in [0.29, 0.717) is 12.5 Å². The minimum absolute atomic E-state index is 0.556. The van der Waals surface area contributed by atoms with Crippen LogP contribution in [0.1, 0.15) is 25.2 Å². The summed E-state index contributed by atoms with van der Waals surface area (Å²) in [6.45, 7) is 7.67. The third-order valence-corrected chi connectivity index (χ3v) is 3.90. The lowest BCUT2D eigenvalue weighted by Crippen LogP contribution is -2.10. The van der Waals surface area contributed by atoms with Crippen LogP contribution in [0.25, 0.3) is 0 Å². The molecule has 140 valence electrons. The van der Waals surface area contributed by atoms with Crippen molar-refractivity contribution in [2.75, 3.05) is 17.2 Å². The predicted molar refractivity (Wildman–Crippen MR) is 111 cm³/mol. The van der Waals surface area contributed by atoms with Crippen molar-refractivity contribution in [3.63, 3.8) is 0 Å². The standard InChI is InChI=1S/C22H26N4O/c1-16(2)14-23-21-13-22(25-17(3)24-21)26-19-9-11-20(12-10-19)27-15-18-7-5-4-6-8-18/h4-13,16H,14-15H2,1-3H3,(H2,23,24,25,26). The second-order valence-electron chi connectivity index (χ2n) is 6.88. The Morgan fingerprint density at radius 2 is 1.63 bits per heavy atom. The van der Waals surface area contributed by atoms with E-state index in [2.05, 4.69) is 46.6 Å². The van der Waals surface area contributed by atoms with Crippen LogP contribution in [0.2, 0.25) is 0 Å². The fraction of sp³-hybridized carbons (Fsp3) is 0.273. The highest BCUT2D eigenvalue weighted by Crippen LogP contribution is 2.21. The van der Waals surface area contributed by atoms with Crippen LogP contribution in [0.3, 0.4) is 0 Å². The Balaban J connectivity index is 1.60. The fourth-order valence-corrected chi connectivity index (χ4v) is 2.55. The van der Waals surface area contributed by atoms with Gasteiger partial charge in [-0.1, -0.05) is 44.2 Å². The molecule has 0 spiro atoms. The van der Waals surface area contributed by atoms with Gasteiger partial charge in [0.2, 0.25) is 0 Å². The van der Waals surface area contributed by atoms with E-state index in [9.17, 15) is 0 Å². The summed E-state index contributed by atoms with van der Waals surface area (Å²) in [6, 6.07) is 19.9. The molecule has 0 saturated carbocycles. The maximum Gasteiger partial charge on any atom is 0.136 e. The predicted octanol–water partition coefficient (Wildman–Crippen LogP) is 5.18. The van der Waals surface area contributed by atoms with Crippen LogP contribution in [0.5, 0.6) is 5.75 Å². The van der Waals surface area contributed by atoms with Gasteiger partial charge in [0.05, 0.1) is 0 Å². The van der Waals surface area contributed by atoms with E-state index in [-0.39, 0.29) is 0 Å². The monoisotopic (exact) mass is 362 g/mol. The van der Waals surface area contributed by atoms with Gasteiger partial charge >= 0.3 is 0 Å². The molecule has 3 aromatic rings. The van der Waals surface area contributed by atoms with Crippen LogP contribution in [-0.4, -0.2) is 16.5 Å². The molecule has 1 heterocycles. The molecule has 0 aliphatic rings. The second kappa shape index (κ2) is 9.03. The lowest BCUT2D eigenvalue weighted by molar-refractivity contribution is 0.306. The molecule has 0 fully saturated rings. The van der Waals surface area contributed by atoms with Gasteiger partial charge in [-0.2, -0.15) is 0 Å². The van der Waals surface area contributed by atoms with E-state index in [1.807, 2.05) is 55.5 Å². The van der Waals surface area contributed by atoms with Crippen LogP contribution in [0, 0.1) is 12.8 Å². The van der Waals surface area contributed by atoms with Crippen molar-refractivity contribution in [2.24, 2.45) is 5.92 Å². The minimum atomic E-state index is 0.556. The molecule has 27 heavy (non-hydrogen) atoms. The van der Waals surface area contributed by atoms with Gasteiger partial charge < -0.3 is 15.4 Å². The van der Waals surface area contributed by atoms with E-state index in [4.69, 9.17) is 4.74 Å². The summed E-state index contributed by atoms with van der Waals surface area (Å²) in [5, 5.41) is 6.67. The number of hydrogen-bond donors (Lipinski definition) is 2. The Morgan fingerprint density at radius 1 is 0.926 bits per heavy atom. The van der Waals surface area contributed by atoms with Gasteiger partial charge in [-0.15, -0.1) is 0 Å². The smallest absolute Gasteiger partial charge is 0.136 e. The zero-order valence-electron chi connectivity index (χ0n) is 16.1. The molecule has 5 heteroatoms. The zero-order valence-corrected chi connectivity index (χ0v) is 16.1. The third-order valence-electron chi connectivity index (χ3n) is 3.90. The van der Waals surface area contributed by atoms with Crippen LogP contribution >= 0.6 is 0 Å². The summed E-state index contributed by atoms with van der Waals surface area (Å²) in [5.74, 6) is 3.73. The molecule has 0 aliphatic carbocycles. The van der Waals surface area contributed by atoms with Crippen molar-refractivity contribution in [3.8, 4) is 5.75 Å². The van der Waals surface area contributed by atoms with Crippen molar-refractivity contribution < 1.29 is 4.74 Å². The van der Waals surface area contributed by atoms with Crippen LogP contribution in [0.4, 0.5) is 17.3 Å². The number of ether oxygens (including phenoxy) is 1. The maximum absolute atomic E-state index is 5.83. The number of hydrogen-bond acceptors (Lipinski definition) is 5. The van der Waals surface area contributed by atoms with Crippen molar-refractivity contribution in [3.05, 3.63) is 72.1 Å². The third kappa shape index (κ3) is 5.99. The van der Waals surface area contributed by atoms with E-state index < -0.39 is 0 Å². The van der Waals surface area contributed by atoms with Crippen molar-refractivity contribution >= 4 is 17.3 Å². The summed E-state index contributed by atoms with van der Waals surface area (Å²) in [6.07, 6.45) is 0. The molecule has 2 aromatic carbocycles. The first-order chi connectivity index (χ1) is 13.1. The largest absolute Gasteiger partial charge is 0.489 e. The summed E-state index contributed by atoms with van der Waals surface area (Å²) in [5.41, 5.74) is 2.10. The molecular formula is C22H26N4O. The lowest BCUT2D eigenvalue weighted by atomic mass is 10.2. The van der Waals surface area contributed by atoms with Gasteiger partial charge in [0, 0.05) is 18.3 Å². The molecule has 3 rings (SSSR count). The molecule has 0 atom stereocenters. The molecule has 0 amide bonds. The quantitative estimate of drug-likeness (QED) is 0.578.